The van der Waals surface area contributed by atoms with Crippen LogP contribution in [-0.2, 0) is 16.1 Å². The molecule has 0 radical (unpaired) electrons. The molecule has 0 spiro atoms. The normalized spacial score (nSPS) is 18.2. The van der Waals surface area contributed by atoms with Crippen molar-refractivity contribution in [2.75, 3.05) is 5.32 Å². The molecule has 0 unspecified atom stereocenters. The van der Waals surface area contributed by atoms with Crippen LogP contribution in [0.2, 0.25) is 0 Å². The number of anilines is 1. The molecule has 2 saturated carbocycles. The zero-order valence-electron chi connectivity index (χ0n) is 12.9. The quantitative estimate of drug-likeness (QED) is 0.847. The van der Waals surface area contributed by atoms with Crippen LogP contribution in [0.1, 0.15) is 50.5 Å². The zero-order valence-corrected chi connectivity index (χ0v) is 12.9. The highest BCUT2D eigenvalue weighted by Gasteiger charge is 2.29. The second-order valence-corrected chi connectivity index (χ2v) is 6.59. The number of carbonyl (C=O) groups is 2. The first-order valence-corrected chi connectivity index (χ1v) is 8.37. The predicted octanol–water partition coefficient (Wildman–Crippen LogP) is 3.23. The van der Waals surface area contributed by atoms with Gasteiger partial charge in [0.25, 0.3) is 0 Å². The van der Waals surface area contributed by atoms with Crippen LogP contribution in [0.3, 0.4) is 0 Å². The van der Waals surface area contributed by atoms with Crippen molar-refractivity contribution < 1.29 is 9.59 Å². The van der Waals surface area contributed by atoms with Crippen LogP contribution in [-0.4, -0.2) is 11.8 Å². The lowest BCUT2D eigenvalue weighted by Gasteiger charge is -2.10. The number of rotatable bonds is 6. The monoisotopic (exact) mass is 300 g/mol. The molecule has 3 rings (SSSR count). The molecular formula is C18H24N2O2. The van der Waals surface area contributed by atoms with Crippen LogP contribution in [0.15, 0.2) is 24.3 Å². The van der Waals surface area contributed by atoms with E-state index in [2.05, 4.69) is 10.6 Å². The Balaban J connectivity index is 1.42. The van der Waals surface area contributed by atoms with Crippen LogP contribution in [0.4, 0.5) is 5.69 Å². The molecule has 1 aromatic rings. The topological polar surface area (TPSA) is 58.2 Å². The molecule has 0 bridgehead atoms. The van der Waals surface area contributed by atoms with Gasteiger partial charge in [-0.25, -0.2) is 0 Å². The van der Waals surface area contributed by atoms with Gasteiger partial charge in [0.2, 0.25) is 11.8 Å². The van der Waals surface area contributed by atoms with E-state index in [9.17, 15) is 9.59 Å². The molecule has 0 atom stereocenters. The minimum Gasteiger partial charge on any atom is -0.352 e. The van der Waals surface area contributed by atoms with E-state index in [1.165, 1.54) is 25.7 Å². The Morgan fingerprint density at radius 2 is 1.68 bits per heavy atom. The van der Waals surface area contributed by atoms with Crippen molar-refractivity contribution >= 4 is 17.5 Å². The molecule has 0 aromatic heterocycles. The van der Waals surface area contributed by atoms with E-state index in [0.29, 0.717) is 18.9 Å². The van der Waals surface area contributed by atoms with Gasteiger partial charge in [0, 0.05) is 24.6 Å². The molecule has 4 heteroatoms. The van der Waals surface area contributed by atoms with E-state index < -0.39 is 0 Å². The largest absolute Gasteiger partial charge is 0.352 e. The summed E-state index contributed by atoms with van der Waals surface area (Å²) in [5.41, 5.74) is 1.89. The number of hydrogen-bond donors (Lipinski definition) is 2. The standard InChI is InChI=1S/C18H24N2O2/c21-17(11-13-3-1-2-4-13)19-12-14-5-9-16(10-6-14)20-18(22)15-7-8-15/h5-6,9-10,13,15H,1-4,7-8,11-12H2,(H,19,21)(H,20,22). The molecule has 0 aliphatic heterocycles. The fourth-order valence-corrected chi connectivity index (χ4v) is 3.05. The Labute approximate surface area is 131 Å². The maximum absolute atomic E-state index is 11.9. The van der Waals surface area contributed by atoms with Crippen molar-refractivity contribution in [3.05, 3.63) is 29.8 Å². The summed E-state index contributed by atoms with van der Waals surface area (Å²) >= 11 is 0. The number of hydrogen-bond acceptors (Lipinski definition) is 2. The fraction of sp³-hybridized carbons (Fsp3) is 0.556. The Morgan fingerprint density at radius 1 is 1.00 bits per heavy atom. The average Bonchev–Trinajstić information content (AvgIpc) is 3.26. The molecule has 2 fully saturated rings. The van der Waals surface area contributed by atoms with Crippen LogP contribution in [0.5, 0.6) is 0 Å². The van der Waals surface area contributed by atoms with E-state index >= 15 is 0 Å². The van der Waals surface area contributed by atoms with Gasteiger partial charge < -0.3 is 10.6 Å². The summed E-state index contributed by atoms with van der Waals surface area (Å²) in [4.78, 5) is 23.6. The Morgan fingerprint density at radius 3 is 2.32 bits per heavy atom. The molecule has 2 N–H and O–H groups in total. The molecule has 2 aliphatic rings. The second-order valence-electron chi connectivity index (χ2n) is 6.59. The summed E-state index contributed by atoms with van der Waals surface area (Å²) in [6.07, 6.45) is 7.62. The lowest BCUT2D eigenvalue weighted by molar-refractivity contribution is -0.122. The molecule has 0 saturated heterocycles. The van der Waals surface area contributed by atoms with Gasteiger partial charge in [-0.15, -0.1) is 0 Å². The minimum atomic E-state index is 0.123. The molecular weight excluding hydrogens is 276 g/mol. The average molecular weight is 300 g/mol. The van der Waals surface area contributed by atoms with Crippen LogP contribution < -0.4 is 10.6 Å². The third-order valence-corrected chi connectivity index (χ3v) is 4.61. The maximum atomic E-state index is 11.9. The van der Waals surface area contributed by atoms with E-state index in [1.807, 2.05) is 24.3 Å². The number of nitrogens with one attached hydrogen (secondary N) is 2. The van der Waals surface area contributed by atoms with Crippen molar-refractivity contribution in [2.45, 2.75) is 51.5 Å². The molecule has 118 valence electrons. The first-order valence-electron chi connectivity index (χ1n) is 8.37. The number of carbonyl (C=O) groups excluding carboxylic acids is 2. The van der Waals surface area contributed by atoms with Crippen molar-refractivity contribution in [3.8, 4) is 0 Å². The van der Waals surface area contributed by atoms with Crippen molar-refractivity contribution in [3.63, 3.8) is 0 Å². The lowest BCUT2D eigenvalue weighted by Crippen LogP contribution is -2.24. The predicted molar refractivity (Wildman–Crippen MR) is 86.2 cm³/mol. The Bertz CT molecular complexity index is 529. The summed E-state index contributed by atoms with van der Waals surface area (Å²) in [6, 6.07) is 7.72. The third kappa shape index (κ3) is 4.33. The van der Waals surface area contributed by atoms with Crippen molar-refractivity contribution in [1.82, 2.24) is 5.32 Å². The van der Waals surface area contributed by atoms with Gasteiger partial charge in [0.1, 0.15) is 0 Å². The first kappa shape index (κ1) is 15.1. The van der Waals surface area contributed by atoms with Crippen molar-refractivity contribution in [1.29, 1.82) is 0 Å². The van der Waals surface area contributed by atoms with Crippen LogP contribution >= 0.6 is 0 Å². The summed E-state index contributed by atoms with van der Waals surface area (Å²) in [5.74, 6) is 1.07. The summed E-state index contributed by atoms with van der Waals surface area (Å²) < 4.78 is 0. The van der Waals surface area contributed by atoms with Gasteiger partial charge in [0.05, 0.1) is 0 Å². The minimum absolute atomic E-state index is 0.123. The molecule has 2 aliphatic carbocycles. The van der Waals surface area contributed by atoms with Crippen LogP contribution in [0, 0.1) is 11.8 Å². The summed E-state index contributed by atoms with van der Waals surface area (Å²) in [5, 5.41) is 5.91. The van der Waals surface area contributed by atoms with Gasteiger partial charge >= 0.3 is 0 Å². The summed E-state index contributed by atoms with van der Waals surface area (Å²) in [7, 11) is 0. The molecule has 0 heterocycles. The molecule has 4 nitrogen and oxygen atoms in total. The Kier molecular flexibility index (Phi) is 4.76. The zero-order chi connectivity index (χ0) is 15.4. The second kappa shape index (κ2) is 6.95. The van der Waals surface area contributed by atoms with E-state index in [1.54, 1.807) is 0 Å². The first-order chi connectivity index (χ1) is 10.7. The van der Waals surface area contributed by atoms with E-state index in [0.717, 1.165) is 24.1 Å². The molecule has 2 amide bonds. The fourth-order valence-electron chi connectivity index (χ4n) is 3.05. The number of amides is 2. The highest BCUT2D eigenvalue weighted by atomic mass is 16.2. The smallest absolute Gasteiger partial charge is 0.227 e. The maximum Gasteiger partial charge on any atom is 0.227 e. The third-order valence-electron chi connectivity index (χ3n) is 4.61. The number of benzene rings is 1. The Hall–Kier alpha value is -1.84. The van der Waals surface area contributed by atoms with Crippen molar-refractivity contribution in [2.24, 2.45) is 11.8 Å². The van der Waals surface area contributed by atoms with E-state index in [-0.39, 0.29) is 17.7 Å². The van der Waals surface area contributed by atoms with Crippen LogP contribution in [0.25, 0.3) is 0 Å². The van der Waals surface area contributed by atoms with Gasteiger partial charge in [0.15, 0.2) is 0 Å². The van der Waals surface area contributed by atoms with Gasteiger partial charge in [-0.3, -0.25) is 9.59 Å². The molecule has 22 heavy (non-hydrogen) atoms. The van der Waals surface area contributed by atoms with Gasteiger partial charge in [-0.05, 0) is 49.3 Å². The highest BCUT2D eigenvalue weighted by Crippen LogP contribution is 2.30. The molecule has 1 aromatic carbocycles. The van der Waals surface area contributed by atoms with Gasteiger partial charge in [-0.2, -0.15) is 0 Å². The highest BCUT2D eigenvalue weighted by molar-refractivity contribution is 5.94. The SMILES string of the molecule is O=C(CC1CCCC1)NCc1ccc(NC(=O)C2CC2)cc1. The lowest BCUT2D eigenvalue weighted by atomic mass is 10.0. The van der Waals surface area contributed by atoms with E-state index in [4.69, 9.17) is 0 Å². The summed E-state index contributed by atoms with van der Waals surface area (Å²) in [6.45, 7) is 0.558. The van der Waals surface area contributed by atoms with Gasteiger partial charge in [-0.1, -0.05) is 25.0 Å².